The van der Waals surface area contributed by atoms with Gasteiger partial charge >= 0.3 is 0 Å². The molecule has 0 rings (SSSR count). The smallest absolute Gasteiger partial charge is 0.125 e. The maximum Gasteiger partial charge on any atom is 0.125 e. The van der Waals surface area contributed by atoms with Gasteiger partial charge in [0.05, 0.1) is 33.0 Å². The van der Waals surface area contributed by atoms with Crippen molar-refractivity contribution in [1.82, 2.24) is 5.32 Å². The van der Waals surface area contributed by atoms with E-state index in [-0.39, 0.29) is 20.2 Å². The molecule has 0 amide bonds. The summed E-state index contributed by atoms with van der Waals surface area (Å²) >= 11 is 0. The van der Waals surface area contributed by atoms with Gasteiger partial charge < -0.3 is 19.9 Å². The molecule has 4 nitrogen and oxygen atoms in total. The molecule has 0 spiro atoms. The summed E-state index contributed by atoms with van der Waals surface area (Å²) < 4.78 is 23.4. The van der Waals surface area contributed by atoms with E-state index in [1.165, 1.54) is 0 Å². The molecule has 5 heteroatoms. The third kappa shape index (κ3) is 13.7. The Morgan fingerprint density at radius 3 is 2.47 bits per heavy atom. The number of hydrogen-bond donors (Lipinski definition) is 2. The molecule has 0 saturated heterocycles. The molecule has 0 fully saturated rings. The summed E-state index contributed by atoms with van der Waals surface area (Å²) in [5, 5.41) is 11.7. The number of alkyl halides is 1. The normalized spacial score (nSPS) is 13.9. The Hall–Kier alpha value is -0.230. The second-order valence-electron chi connectivity index (χ2n) is 4.97. The number of rotatable bonds is 10. The highest BCUT2D eigenvalue weighted by Crippen LogP contribution is 2.02. The highest BCUT2D eigenvalue weighted by Gasteiger charge is 2.11. The molecule has 0 saturated carbocycles. The molecule has 1 atom stereocenters. The van der Waals surface area contributed by atoms with E-state index >= 15 is 0 Å². The van der Waals surface area contributed by atoms with Gasteiger partial charge in [-0.05, 0) is 33.7 Å². The molecular weight excluding hydrogens is 225 g/mol. The van der Waals surface area contributed by atoms with Crippen molar-refractivity contribution in [1.29, 1.82) is 0 Å². The van der Waals surface area contributed by atoms with Gasteiger partial charge in [-0.15, -0.1) is 0 Å². The van der Waals surface area contributed by atoms with Crippen molar-refractivity contribution >= 4 is 0 Å². The van der Waals surface area contributed by atoms with E-state index in [1.54, 1.807) is 0 Å². The summed E-state index contributed by atoms with van der Waals surface area (Å²) in [6.07, 6.45) is -0.489. The maximum atomic E-state index is 13.3. The van der Waals surface area contributed by atoms with Gasteiger partial charge in [-0.25, -0.2) is 4.39 Å². The molecule has 0 radical (unpaired) electrons. The fourth-order valence-electron chi connectivity index (χ4n) is 1.18. The zero-order valence-electron chi connectivity index (χ0n) is 11.2. The van der Waals surface area contributed by atoms with Crippen LogP contribution in [0.3, 0.4) is 0 Å². The standard InChI is InChI=1S/C12H26FNO3.H2/c1-12(2,3)14-5-4-11(13)10-17-9-8-16-7-6-15;/h11,14-15H,4-10H2,1-3H3;1H. The van der Waals surface area contributed by atoms with E-state index in [0.29, 0.717) is 32.8 Å². The van der Waals surface area contributed by atoms with Gasteiger partial charge in [-0.2, -0.15) is 0 Å². The lowest BCUT2D eigenvalue weighted by Crippen LogP contribution is -2.37. The molecule has 0 aliphatic carbocycles. The number of halogens is 1. The summed E-state index contributed by atoms with van der Waals surface area (Å²) in [6.45, 7) is 7.98. The largest absolute Gasteiger partial charge is 0.394 e. The van der Waals surface area contributed by atoms with Gasteiger partial charge in [-0.3, -0.25) is 0 Å². The van der Waals surface area contributed by atoms with Gasteiger partial charge in [0.15, 0.2) is 0 Å². The van der Waals surface area contributed by atoms with Gasteiger partial charge in [0.2, 0.25) is 0 Å². The first-order valence-electron chi connectivity index (χ1n) is 6.11. The lowest BCUT2D eigenvalue weighted by Gasteiger charge is -2.21. The van der Waals surface area contributed by atoms with Crippen LogP contribution in [0.1, 0.15) is 28.6 Å². The number of hydrogen-bond acceptors (Lipinski definition) is 4. The minimum atomic E-state index is -0.942. The van der Waals surface area contributed by atoms with Crippen LogP contribution in [0.5, 0.6) is 0 Å². The highest BCUT2D eigenvalue weighted by atomic mass is 19.1. The van der Waals surface area contributed by atoms with E-state index < -0.39 is 6.17 Å². The Morgan fingerprint density at radius 2 is 1.88 bits per heavy atom. The minimum absolute atomic E-state index is 0. The maximum absolute atomic E-state index is 13.3. The number of nitrogens with one attached hydrogen (secondary N) is 1. The van der Waals surface area contributed by atoms with Crippen molar-refractivity contribution < 1.29 is 20.4 Å². The summed E-state index contributed by atoms with van der Waals surface area (Å²) in [7, 11) is 0. The fourth-order valence-corrected chi connectivity index (χ4v) is 1.18. The lowest BCUT2D eigenvalue weighted by molar-refractivity contribution is 0.0152. The summed E-state index contributed by atoms with van der Waals surface area (Å²) in [5.41, 5.74) is 0.0265. The predicted molar refractivity (Wildman–Crippen MR) is 68.1 cm³/mol. The summed E-state index contributed by atoms with van der Waals surface area (Å²) in [5.74, 6) is 0. The molecule has 2 N–H and O–H groups in total. The Kier molecular flexibility index (Phi) is 9.63. The van der Waals surface area contributed by atoms with Gasteiger partial charge in [0, 0.05) is 6.97 Å². The summed E-state index contributed by atoms with van der Waals surface area (Å²) in [4.78, 5) is 0. The van der Waals surface area contributed by atoms with Gasteiger partial charge in [0.1, 0.15) is 6.17 Å². The van der Waals surface area contributed by atoms with E-state index in [0.717, 1.165) is 0 Å². The van der Waals surface area contributed by atoms with Gasteiger partial charge in [0.25, 0.3) is 0 Å². The first-order chi connectivity index (χ1) is 7.95. The van der Waals surface area contributed by atoms with Crippen molar-refractivity contribution in [2.24, 2.45) is 0 Å². The quantitative estimate of drug-likeness (QED) is 0.577. The molecule has 0 heterocycles. The van der Waals surface area contributed by atoms with Crippen LogP contribution in [-0.4, -0.2) is 56.4 Å². The third-order valence-corrected chi connectivity index (χ3v) is 2.02. The second-order valence-corrected chi connectivity index (χ2v) is 4.97. The molecular formula is C12H28FNO3. The molecule has 0 bridgehead atoms. The lowest BCUT2D eigenvalue weighted by atomic mass is 10.1. The van der Waals surface area contributed by atoms with Crippen molar-refractivity contribution in [3.05, 3.63) is 0 Å². The van der Waals surface area contributed by atoms with Crippen LogP contribution in [0.4, 0.5) is 4.39 Å². The van der Waals surface area contributed by atoms with Crippen molar-refractivity contribution in [3.8, 4) is 0 Å². The fraction of sp³-hybridized carbons (Fsp3) is 1.00. The van der Waals surface area contributed by atoms with Crippen molar-refractivity contribution in [3.63, 3.8) is 0 Å². The molecule has 106 valence electrons. The molecule has 0 aromatic heterocycles. The van der Waals surface area contributed by atoms with Crippen LogP contribution in [0.25, 0.3) is 0 Å². The molecule has 1 unspecified atom stereocenters. The second kappa shape index (κ2) is 9.76. The van der Waals surface area contributed by atoms with E-state index in [1.807, 2.05) is 0 Å². The van der Waals surface area contributed by atoms with Gasteiger partial charge in [-0.1, -0.05) is 0 Å². The van der Waals surface area contributed by atoms with Crippen molar-refractivity contribution in [2.45, 2.75) is 38.9 Å². The van der Waals surface area contributed by atoms with E-state index in [4.69, 9.17) is 14.6 Å². The SMILES string of the molecule is CC(C)(C)NCCC(F)COCCOCCO.[HH]. The molecule has 17 heavy (non-hydrogen) atoms. The molecule has 0 aromatic carbocycles. The molecule has 0 aliphatic rings. The zero-order valence-corrected chi connectivity index (χ0v) is 11.2. The van der Waals surface area contributed by atoms with E-state index in [9.17, 15) is 4.39 Å². The highest BCUT2D eigenvalue weighted by molar-refractivity contribution is 4.71. The monoisotopic (exact) mass is 253 g/mol. The zero-order chi connectivity index (χ0) is 13.1. The van der Waals surface area contributed by atoms with E-state index in [2.05, 4.69) is 26.1 Å². The number of aliphatic hydroxyl groups excluding tert-OH is 1. The number of aliphatic hydroxyl groups is 1. The van der Waals surface area contributed by atoms with Crippen LogP contribution in [-0.2, 0) is 9.47 Å². The van der Waals surface area contributed by atoms with Crippen LogP contribution >= 0.6 is 0 Å². The Morgan fingerprint density at radius 1 is 1.24 bits per heavy atom. The molecule has 0 aliphatic heterocycles. The Labute approximate surface area is 105 Å². The average molecular weight is 253 g/mol. The Bertz CT molecular complexity index is 179. The van der Waals surface area contributed by atoms with Crippen LogP contribution in [0.15, 0.2) is 0 Å². The Balaban J connectivity index is 0. The van der Waals surface area contributed by atoms with Crippen LogP contribution < -0.4 is 5.32 Å². The minimum Gasteiger partial charge on any atom is -0.394 e. The predicted octanol–water partition coefficient (Wildman–Crippen LogP) is 1.37. The summed E-state index contributed by atoms with van der Waals surface area (Å²) in [6, 6.07) is 0. The molecule has 0 aromatic rings. The first kappa shape index (κ1) is 16.8. The van der Waals surface area contributed by atoms with Crippen molar-refractivity contribution in [2.75, 3.05) is 39.6 Å². The topological polar surface area (TPSA) is 50.7 Å². The first-order valence-corrected chi connectivity index (χ1v) is 6.11. The van der Waals surface area contributed by atoms with Crippen LogP contribution in [0.2, 0.25) is 0 Å². The third-order valence-electron chi connectivity index (χ3n) is 2.02. The average Bonchev–Trinajstić information content (AvgIpc) is 2.21. The number of ether oxygens (including phenoxy) is 2. The van der Waals surface area contributed by atoms with Crippen LogP contribution in [0, 0.1) is 0 Å².